The van der Waals surface area contributed by atoms with Gasteiger partial charge in [0.1, 0.15) is 6.54 Å². The van der Waals surface area contributed by atoms with Crippen LogP contribution in [0.1, 0.15) is 16.6 Å². The second-order valence-electron chi connectivity index (χ2n) is 4.34. The molecule has 0 saturated heterocycles. The van der Waals surface area contributed by atoms with E-state index in [0.29, 0.717) is 5.69 Å². The summed E-state index contributed by atoms with van der Waals surface area (Å²) in [6.45, 7) is 0.294. The van der Waals surface area contributed by atoms with Crippen molar-refractivity contribution in [2.75, 3.05) is 18.8 Å². The van der Waals surface area contributed by atoms with E-state index < -0.39 is 18.6 Å². The largest absolute Gasteiger partial charge is 0.406 e. The number of benzene rings is 1. The molecule has 2 aromatic rings. The van der Waals surface area contributed by atoms with Gasteiger partial charge in [0.25, 0.3) is 5.91 Å². The number of hydrogen-bond acceptors (Lipinski definition) is 3. The first-order valence-electron chi connectivity index (χ1n) is 5.95. The van der Waals surface area contributed by atoms with E-state index in [1.165, 1.54) is 18.3 Å². The fourth-order valence-corrected chi connectivity index (χ4v) is 2.88. The van der Waals surface area contributed by atoms with Crippen molar-refractivity contribution in [3.8, 4) is 0 Å². The predicted octanol–water partition coefficient (Wildman–Crippen LogP) is 3.51. The van der Waals surface area contributed by atoms with Crippen molar-refractivity contribution >= 4 is 33.0 Å². The summed E-state index contributed by atoms with van der Waals surface area (Å²) in [5.74, 6) is -0.607. The third-order valence-electron chi connectivity index (χ3n) is 2.79. The number of carbonyl (C=O) groups excluding carboxylic acids is 1. The summed E-state index contributed by atoms with van der Waals surface area (Å²) in [5, 5.41) is 0.765. The van der Waals surface area contributed by atoms with Crippen molar-refractivity contribution in [1.29, 1.82) is 0 Å². The van der Waals surface area contributed by atoms with Crippen LogP contribution in [-0.2, 0) is 0 Å². The van der Waals surface area contributed by atoms with E-state index in [9.17, 15) is 18.0 Å². The maximum Gasteiger partial charge on any atom is 0.406 e. The van der Waals surface area contributed by atoms with Crippen LogP contribution in [0.25, 0.3) is 10.1 Å². The number of amides is 1. The van der Waals surface area contributed by atoms with Crippen molar-refractivity contribution in [2.45, 2.75) is 13.1 Å². The molecule has 0 aliphatic heterocycles. The second-order valence-corrected chi connectivity index (χ2v) is 5.43. The molecule has 0 aliphatic carbocycles. The summed E-state index contributed by atoms with van der Waals surface area (Å²) >= 11 is 1.17. The monoisotopic (exact) mass is 302 g/mol. The van der Waals surface area contributed by atoms with Crippen molar-refractivity contribution in [3.63, 3.8) is 0 Å². The van der Waals surface area contributed by atoms with Gasteiger partial charge in [-0.2, -0.15) is 13.2 Å². The number of fused-ring (bicyclic) bond motifs is 1. The SMILES string of the molecule is CCN(CC(F)(F)F)C(=O)c1cc2cc(N)ccc2s1. The van der Waals surface area contributed by atoms with E-state index in [0.717, 1.165) is 15.0 Å². The number of nitrogens with zero attached hydrogens (tertiary/aromatic N) is 1. The molecule has 0 spiro atoms. The predicted molar refractivity (Wildman–Crippen MR) is 73.9 cm³/mol. The molecule has 1 amide bonds. The highest BCUT2D eigenvalue weighted by Gasteiger charge is 2.33. The molecule has 3 nitrogen and oxygen atoms in total. The number of halogens is 3. The minimum Gasteiger partial charge on any atom is -0.399 e. The van der Waals surface area contributed by atoms with Crippen LogP contribution >= 0.6 is 11.3 Å². The molecule has 1 aromatic heterocycles. The maximum atomic E-state index is 12.4. The second kappa shape index (κ2) is 5.32. The Morgan fingerprint density at radius 1 is 1.35 bits per heavy atom. The Balaban J connectivity index is 2.29. The molecule has 2 N–H and O–H groups in total. The first kappa shape index (κ1) is 14.6. The summed E-state index contributed by atoms with van der Waals surface area (Å²) in [4.78, 5) is 13.2. The number of anilines is 1. The zero-order valence-corrected chi connectivity index (χ0v) is 11.5. The first-order valence-corrected chi connectivity index (χ1v) is 6.77. The highest BCUT2D eigenvalue weighted by atomic mass is 32.1. The molecule has 0 fully saturated rings. The van der Waals surface area contributed by atoms with Gasteiger partial charge < -0.3 is 10.6 Å². The normalized spacial score (nSPS) is 11.8. The van der Waals surface area contributed by atoms with Crippen LogP contribution < -0.4 is 5.73 Å². The quantitative estimate of drug-likeness (QED) is 0.882. The minimum absolute atomic E-state index is 0.00866. The molecular weight excluding hydrogens is 289 g/mol. The van der Waals surface area contributed by atoms with E-state index in [1.54, 1.807) is 24.3 Å². The molecule has 1 aromatic carbocycles. The Morgan fingerprint density at radius 2 is 2.05 bits per heavy atom. The molecule has 7 heteroatoms. The van der Waals surface area contributed by atoms with Gasteiger partial charge >= 0.3 is 6.18 Å². The molecule has 0 bridgehead atoms. The minimum atomic E-state index is -4.40. The standard InChI is InChI=1S/C13H13F3N2OS/c1-2-18(7-13(14,15)16)12(19)11-6-8-5-9(17)3-4-10(8)20-11/h3-6H,2,7,17H2,1H3. The molecule has 2 rings (SSSR count). The molecule has 20 heavy (non-hydrogen) atoms. The summed E-state index contributed by atoms with van der Waals surface area (Å²) in [7, 11) is 0. The van der Waals surface area contributed by atoms with Gasteiger partial charge in [-0.05, 0) is 36.6 Å². The van der Waals surface area contributed by atoms with Crippen LogP contribution in [0.4, 0.5) is 18.9 Å². The van der Waals surface area contributed by atoms with E-state index >= 15 is 0 Å². The summed E-state index contributed by atoms with van der Waals surface area (Å²) in [6, 6.07) is 6.73. The Kier molecular flexibility index (Phi) is 3.89. The van der Waals surface area contributed by atoms with Crippen LogP contribution in [-0.4, -0.2) is 30.1 Å². The number of alkyl halides is 3. The fraction of sp³-hybridized carbons (Fsp3) is 0.308. The van der Waals surface area contributed by atoms with E-state index in [2.05, 4.69) is 0 Å². The van der Waals surface area contributed by atoms with Crippen LogP contribution in [0, 0.1) is 0 Å². The maximum absolute atomic E-state index is 12.4. The zero-order valence-electron chi connectivity index (χ0n) is 10.7. The van der Waals surface area contributed by atoms with Gasteiger partial charge in [0.05, 0.1) is 4.88 Å². The molecule has 0 radical (unpaired) electrons. The fourth-order valence-electron chi connectivity index (χ4n) is 1.87. The molecule has 0 unspecified atom stereocenters. The van der Waals surface area contributed by atoms with E-state index in [-0.39, 0.29) is 11.4 Å². The Labute approximate surface area is 117 Å². The molecular formula is C13H13F3N2OS. The summed E-state index contributed by atoms with van der Waals surface area (Å²) < 4.78 is 38.1. The number of nitrogens with two attached hydrogens (primary N) is 1. The van der Waals surface area contributed by atoms with Crippen molar-refractivity contribution in [2.24, 2.45) is 0 Å². The van der Waals surface area contributed by atoms with Crippen LogP contribution in [0.5, 0.6) is 0 Å². The average molecular weight is 302 g/mol. The smallest absolute Gasteiger partial charge is 0.399 e. The lowest BCUT2D eigenvalue weighted by atomic mass is 10.2. The zero-order chi connectivity index (χ0) is 14.9. The number of rotatable bonds is 3. The molecule has 1 heterocycles. The van der Waals surface area contributed by atoms with Crippen LogP contribution in [0.2, 0.25) is 0 Å². The van der Waals surface area contributed by atoms with Gasteiger partial charge in [-0.15, -0.1) is 11.3 Å². The lowest BCUT2D eigenvalue weighted by molar-refractivity contribution is -0.140. The molecule has 0 atom stereocenters. The Bertz CT molecular complexity index is 636. The first-order chi connectivity index (χ1) is 9.30. The average Bonchev–Trinajstić information content (AvgIpc) is 2.76. The van der Waals surface area contributed by atoms with Gasteiger partial charge in [0.15, 0.2) is 0 Å². The lowest BCUT2D eigenvalue weighted by Crippen LogP contribution is -2.38. The van der Waals surface area contributed by atoms with Crippen LogP contribution in [0.3, 0.4) is 0 Å². The van der Waals surface area contributed by atoms with Crippen molar-refractivity contribution < 1.29 is 18.0 Å². The molecule has 0 aliphatic rings. The van der Waals surface area contributed by atoms with E-state index in [1.807, 2.05) is 0 Å². The Hall–Kier alpha value is -1.76. The van der Waals surface area contributed by atoms with Crippen LogP contribution in [0.15, 0.2) is 24.3 Å². The molecule has 108 valence electrons. The van der Waals surface area contributed by atoms with Gasteiger partial charge in [0.2, 0.25) is 0 Å². The highest BCUT2D eigenvalue weighted by Crippen LogP contribution is 2.29. The molecule has 0 saturated carbocycles. The number of nitrogen functional groups attached to an aromatic ring is 1. The van der Waals surface area contributed by atoms with Gasteiger partial charge in [-0.25, -0.2) is 0 Å². The van der Waals surface area contributed by atoms with Crippen molar-refractivity contribution in [3.05, 3.63) is 29.1 Å². The third kappa shape index (κ3) is 3.22. The number of carbonyl (C=O) groups is 1. The number of hydrogen-bond donors (Lipinski definition) is 1. The summed E-state index contributed by atoms with van der Waals surface area (Å²) in [6.07, 6.45) is -4.40. The third-order valence-corrected chi connectivity index (χ3v) is 3.89. The lowest BCUT2D eigenvalue weighted by Gasteiger charge is -2.21. The topological polar surface area (TPSA) is 46.3 Å². The van der Waals surface area contributed by atoms with Gasteiger partial charge in [-0.1, -0.05) is 0 Å². The van der Waals surface area contributed by atoms with Gasteiger partial charge in [0, 0.05) is 16.9 Å². The highest BCUT2D eigenvalue weighted by molar-refractivity contribution is 7.20. The number of thiophene rings is 1. The van der Waals surface area contributed by atoms with Crippen molar-refractivity contribution in [1.82, 2.24) is 4.90 Å². The van der Waals surface area contributed by atoms with Gasteiger partial charge in [-0.3, -0.25) is 4.79 Å². The summed E-state index contributed by atoms with van der Waals surface area (Å²) in [5.41, 5.74) is 6.19. The van der Waals surface area contributed by atoms with E-state index in [4.69, 9.17) is 5.73 Å². The Morgan fingerprint density at radius 3 is 2.65 bits per heavy atom.